The molecule has 1 aliphatic rings. The summed E-state index contributed by atoms with van der Waals surface area (Å²) in [5.74, 6) is 0. The van der Waals surface area contributed by atoms with E-state index in [0.717, 1.165) is 36.1 Å². The molecule has 1 aromatic rings. The molecule has 1 N–H and O–H groups in total. The van der Waals surface area contributed by atoms with Gasteiger partial charge in [0.25, 0.3) is 0 Å². The molecule has 2 heterocycles. The van der Waals surface area contributed by atoms with Crippen molar-refractivity contribution < 1.29 is 14.2 Å². The number of ether oxygens (including phenoxy) is 3. The van der Waals surface area contributed by atoms with Gasteiger partial charge >= 0.3 is 0 Å². The van der Waals surface area contributed by atoms with Gasteiger partial charge in [-0.15, -0.1) is 0 Å². The van der Waals surface area contributed by atoms with Gasteiger partial charge in [0.15, 0.2) is 6.29 Å². The van der Waals surface area contributed by atoms with E-state index in [0.29, 0.717) is 19.8 Å². The highest BCUT2D eigenvalue weighted by Crippen LogP contribution is 2.28. The van der Waals surface area contributed by atoms with Crippen LogP contribution in [-0.2, 0) is 20.8 Å². The zero-order valence-corrected chi connectivity index (χ0v) is 14.3. The fourth-order valence-corrected chi connectivity index (χ4v) is 2.99. The zero-order valence-electron chi connectivity index (χ0n) is 12.7. The number of nitrogens with zero attached hydrogens (tertiary/aromatic N) is 2. The molecule has 0 aromatic carbocycles. The van der Waals surface area contributed by atoms with Crippen LogP contribution in [0.25, 0.3) is 0 Å². The van der Waals surface area contributed by atoms with Gasteiger partial charge in [-0.3, -0.25) is 4.68 Å². The molecular formula is C14H24BrN3O3. The molecular weight excluding hydrogens is 338 g/mol. The van der Waals surface area contributed by atoms with E-state index in [1.165, 1.54) is 0 Å². The predicted molar refractivity (Wildman–Crippen MR) is 83.1 cm³/mol. The van der Waals surface area contributed by atoms with Crippen LogP contribution in [0.1, 0.15) is 31.5 Å². The van der Waals surface area contributed by atoms with Gasteiger partial charge < -0.3 is 19.5 Å². The third-order valence-electron chi connectivity index (χ3n) is 3.43. The Bertz CT molecular complexity index is 422. The topological polar surface area (TPSA) is 57.5 Å². The van der Waals surface area contributed by atoms with E-state index in [1.807, 2.05) is 10.9 Å². The van der Waals surface area contributed by atoms with E-state index in [2.05, 4.69) is 33.3 Å². The second-order valence-corrected chi connectivity index (χ2v) is 5.86. The number of halogens is 1. The Labute approximate surface area is 134 Å². The lowest BCUT2D eigenvalue weighted by molar-refractivity contribution is -0.0535. The number of hydrogen-bond acceptors (Lipinski definition) is 5. The minimum absolute atomic E-state index is 0.141. The molecule has 0 spiro atoms. The van der Waals surface area contributed by atoms with Gasteiger partial charge in [0.1, 0.15) is 0 Å². The van der Waals surface area contributed by atoms with Crippen molar-refractivity contribution in [1.82, 2.24) is 15.1 Å². The van der Waals surface area contributed by atoms with Crippen molar-refractivity contribution in [2.75, 3.05) is 33.5 Å². The molecule has 0 amide bonds. The Morgan fingerprint density at radius 3 is 2.95 bits per heavy atom. The van der Waals surface area contributed by atoms with Crippen molar-refractivity contribution in [3.63, 3.8) is 0 Å². The molecule has 1 fully saturated rings. The maximum absolute atomic E-state index is 5.59. The summed E-state index contributed by atoms with van der Waals surface area (Å²) >= 11 is 3.61. The highest BCUT2D eigenvalue weighted by atomic mass is 79.9. The van der Waals surface area contributed by atoms with Crippen molar-refractivity contribution in [2.45, 2.75) is 38.6 Å². The first-order chi connectivity index (χ1) is 10.3. The minimum Gasteiger partial charge on any atom is -0.383 e. The monoisotopic (exact) mass is 361 g/mol. The molecule has 1 atom stereocenters. The third kappa shape index (κ3) is 4.75. The molecule has 2 rings (SSSR count). The van der Waals surface area contributed by atoms with Gasteiger partial charge in [-0.2, -0.15) is 5.10 Å². The zero-order chi connectivity index (χ0) is 15.1. The maximum Gasteiger partial charge on any atom is 0.159 e. The summed E-state index contributed by atoms with van der Waals surface area (Å²) in [6.45, 7) is 5.82. The number of rotatable bonds is 9. The van der Waals surface area contributed by atoms with Gasteiger partial charge in [-0.25, -0.2) is 0 Å². The quantitative estimate of drug-likeness (QED) is 0.729. The minimum atomic E-state index is -0.142. The normalized spacial score (nSPS) is 17.5. The number of nitrogens with one attached hydrogen (secondary N) is 1. The SMILES string of the molecule is CCCNC(CC1OCCO1)c1c(Br)cnn1CCOC. The van der Waals surface area contributed by atoms with Crippen LogP contribution in [0.5, 0.6) is 0 Å². The Morgan fingerprint density at radius 1 is 1.52 bits per heavy atom. The molecule has 1 unspecified atom stereocenters. The molecule has 1 aliphatic heterocycles. The van der Waals surface area contributed by atoms with E-state index in [-0.39, 0.29) is 12.3 Å². The fraction of sp³-hybridized carbons (Fsp3) is 0.786. The summed E-state index contributed by atoms with van der Waals surface area (Å²) in [5, 5.41) is 7.99. The molecule has 1 aromatic heterocycles. The van der Waals surface area contributed by atoms with Crippen molar-refractivity contribution >= 4 is 15.9 Å². The first kappa shape index (κ1) is 16.9. The average Bonchev–Trinajstić information content (AvgIpc) is 3.11. The van der Waals surface area contributed by atoms with Crippen molar-refractivity contribution in [2.24, 2.45) is 0 Å². The standard InChI is InChI=1S/C14H24BrN3O3/c1-3-4-16-12(9-13-20-7-8-21-13)14-11(15)10-17-18(14)5-6-19-2/h10,12-13,16H,3-9H2,1-2H3. The average molecular weight is 362 g/mol. The molecule has 0 saturated carbocycles. The van der Waals surface area contributed by atoms with Crippen LogP contribution in [0.15, 0.2) is 10.7 Å². The molecule has 7 heteroatoms. The first-order valence-electron chi connectivity index (χ1n) is 7.43. The Hall–Kier alpha value is -0.470. The molecule has 1 saturated heterocycles. The van der Waals surface area contributed by atoms with E-state index >= 15 is 0 Å². The van der Waals surface area contributed by atoms with Crippen LogP contribution in [0, 0.1) is 0 Å². The number of aromatic nitrogens is 2. The highest BCUT2D eigenvalue weighted by Gasteiger charge is 2.26. The summed E-state index contributed by atoms with van der Waals surface area (Å²) in [6.07, 6.45) is 3.54. The summed E-state index contributed by atoms with van der Waals surface area (Å²) in [5.41, 5.74) is 1.12. The third-order valence-corrected chi connectivity index (χ3v) is 4.04. The number of hydrogen-bond donors (Lipinski definition) is 1. The summed E-state index contributed by atoms with van der Waals surface area (Å²) < 4.78 is 19.3. The van der Waals surface area contributed by atoms with E-state index < -0.39 is 0 Å². The van der Waals surface area contributed by atoms with Crippen LogP contribution in [0.4, 0.5) is 0 Å². The maximum atomic E-state index is 5.59. The van der Waals surface area contributed by atoms with Crippen LogP contribution in [0.2, 0.25) is 0 Å². The first-order valence-corrected chi connectivity index (χ1v) is 8.22. The molecule has 0 aliphatic carbocycles. The number of methoxy groups -OCH3 is 1. The lowest BCUT2D eigenvalue weighted by atomic mass is 10.1. The van der Waals surface area contributed by atoms with Crippen LogP contribution in [-0.4, -0.2) is 49.5 Å². The summed E-state index contributed by atoms with van der Waals surface area (Å²) in [7, 11) is 1.70. The van der Waals surface area contributed by atoms with E-state index in [1.54, 1.807) is 7.11 Å². The summed E-state index contributed by atoms with van der Waals surface area (Å²) in [6, 6.07) is 0.141. The molecule has 6 nitrogen and oxygen atoms in total. The molecule has 0 radical (unpaired) electrons. The lowest BCUT2D eigenvalue weighted by Crippen LogP contribution is -2.29. The van der Waals surface area contributed by atoms with Crippen molar-refractivity contribution in [1.29, 1.82) is 0 Å². The van der Waals surface area contributed by atoms with Gasteiger partial charge in [0.2, 0.25) is 0 Å². The van der Waals surface area contributed by atoms with E-state index in [4.69, 9.17) is 14.2 Å². The lowest BCUT2D eigenvalue weighted by Gasteiger charge is -2.23. The van der Waals surface area contributed by atoms with Gasteiger partial charge in [-0.1, -0.05) is 6.92 Å². The van der Waals surface area contributed by atoms with Crippen LogP contribution in [0.3, 0.4) is 0 Å². The Kier molecular flexibility index (Phi) is 7.12. The predicted octanol–water partition coefficient (Wildman–Crippen LogP) is 2.10. The van der Waals surface area contributed by atoms with Crippen molar-refractivity contribution in [3.05, 3.63) is 16.4 Å². The molecule has 21 heavy (non-hydrogen) atoms. The largest absolute Gasteiger partial charge is 0.383 e. The molecule has 120 valence electrons. The second kappa shape index (κ2) is 8.85. The van der Waals surface area contributed by atoms with E-state index in [9.17, 15) is 0 Å². The molecule has 0 bridgehead atoms. The fourth-order valence-electron chi connectivity index (χ4n) is 2.42. The summed E-state index contributed by atoms with van der Waals surface area (Å²) in [4.78, 5) is 0. The smallest absolute Gasteiger partial charge is 0.159 e. The van der Waals surface area contributed by atoms with Gasteiger partial charge in [0.05, 0.1) is 48.8 Å². The highest BCUT2D eigenvalue weighted by molar-refractivity contribution is 9.10. The Balaban J connectivity index is 2.11. The second-order valence-electron chi connectivity index (χ2n) is 5.01. The van der Waals surface area contributed by atoms with Crippen LogP contribution < -0.4 is 5.32 Å². The van der Waals surface area contributed by atoms with Gasteiger partial charge in [-0.05, 0) is 28.9 Å². The van der Waals surface area contributed by atoms with Gasteiger partial charge in [0, 0.05) is 13.5 Å². The van der Waals surface area contributed by atoms with Crippen molar-refractivity contribution in [3.8, 4) is 0 Å². The van der Waals surface area contributed by atoms with Crippen LogP contribution >= 0.6 is 15.9 Å². The Morgan fingerprint density at radius 2 is 2.29 bits per heavy atom.